The first-order valence-corrected chi connectivity index (χ1v) is 6.88. The second kappa shape index (κ2) is 5.06. The fourth-order valence-electron chi connectivity index (χ4n) is 2.29. The summed E-state index contributed by atoms with van der Waals surface area (Å²) in [5.41, 5.74) is 2.15. The van der Waals surface area contributed by atoms with E-state index in [1.165, 1.54) is 12.1 Å². The average Bonchev–Trinajstić information content (AvgIpc) is 2.47. The van der Waals surface area contributed by atoms with Crippen LogP contribution in [0.15, 0.2) is 65.1 Å². The molecule has 0 spiro atoms. The van der Waals surface area contributed by atoms with Gasteiger partial charge >= 0.3 is 0 Å². The van der Waals surface area contributed by atoms with Crippen LogP contribution in [0, 0.1) is 10.1 Å². The van der Waals surface area contributed by atoms with Gasteiger partial charge in [-0.1, -0.05) is 46.3 Å². The summed E-state index contributed by atoms with van der Waals surface area (Å²) in [6, 6.07) is 18.7. The standard InChI is InChI=1S/C16H10BrNO2/c17-16-6-2-4-14-13(3-1-5-15(14)16)11-7-9-12(10-8-11)18(19)20/h1-10H. The quantitative estimate of drug-likeness (QED) is 0.481. The topological polar surface area (TPSA) is 43.1 Å². The van der Waals surface area contributed by atoms with E-state index in [0.717, 1.165) is 26.4 Å². The molecule has 0 N–H and O–H groups in total. The highest BCUT2D eigenvalue weighted by Crippen LogP contribution is 2.33. The molecule has 4 heteroatoms. The lowest BCUT2D eigenvalue weighted by Gasteiger charge is -2.08. The van der Waals surface area contributed by atoms with Gasteiger partial charge in [0, 0.05) is 16.6 Å². The number of nitrogens with zero attached hydrogens (tertiary/aromatic N) is 1. The van der Waals surface area contributed by atoms with Gasteiger partial charge in [0.15, 0.2) is 0 Å². The Labute approximate surface area is 124 Å². The smallest absolute Gasteiger partial charge is 0.258 e. The predicted molar refractivity (Wildman–Crippen MR) is 83.7 cm³/mol. The Balaban J connectivity index is 2.19. The van der Waals surface area contributed by atoms with Crippen molar-refractivity contribution < 1.29 is 4.92 Å². The Kier molecular flexibility index (Phi) is 3.24. The Morgan fingerprint density at radius 3 is 2.20 bits per heavy atom. The minimum atomic E-state index is -0.385. The highest BCUT2D eigenvalue weighted by molar-refractivity contribution is 9.10. The van der Waals surface area contributed by atoms with Gasteiger partial charge < -0.3 is 0 Å². The Morgan fingerprint density at radius 2 is 1.50 bits per heavy atom. The van der Waals surface area contributed by atoms with Crippen LogP contribution in [0.2, 0.25) is 0 Å². The number of nitro groups is 1. The summed E-state index contributed by atoms with van der Waals surface area (Å²) in [6.07, 6.45) is 0. The van der Waals surface area contributed by atoms with E-state index in [9.17, 15) is 10.1 Å². The molecule has 0 atom stereocenters. The van der Waals surface area contributed by atoms with E-state index in [0.29, 0.717) is 0 Å². The summed E-state index contributed by atoms with van der Waals surface area (Å²) in [7, 11) is 0. The van der Waals surface area contributed by atoms with Gasteiger partial charge in [-0.15, -0.1) is 0 Å². The zero-order valence-electron chi connectivity index (χ0n) is 10.4. The van der Waals surface area contributed by atoms with Crippen molar-refractivity contribution >= 4 is 32.4 Å². The van der Waals surface area contributed by atoms with E-state index in [2.05, 4.69) is 22.0 Å². The molecular weight excluding hydrogens is 318 g/mol. The third-order valence-electron chi connectivity index (χ3n) is 3.26. The number of non-ortho nitro benzene ring substituents is 1. The van der Waals surface area contributed by atoms with Gasteiger partial charge in [0.2, 0.25) is 0 Å². The second-order valence-electron chi connectivity index (χ2n) is 4.44. The molecule has 0 aliphatic carbocycles. The minimum Gasteiger partial charge on any atom is -0.258 e. The first-order chi connectivity index (χ1) is 9.66. The second-order valence-corrected chi connectivity index (χ2v) is 5.30. The number of nitro benzene ring substituents is 1. The molecule has 0 unspecified atom stereocenters. The van der Waals surface area contributed by atoms with Gasteiger partial charge in [-0.3, -0.25) is 10.1 Å². The molecule has 0 amide bonds. The van der Waals surface area contributed by atoms with Gasteiger partial charge in [0.05, 0.1) is 4.92 Å². The number of hydrogen-bond donors (Lipinski definition) is 0. The molecular formula is C16H10BrNO2. The molecule has 0 heterocycles. The molecule has 0 fully saturated rings. The number of benzene rings is 3. The summed E-state index contributed by atoms with van der Waals surface area (Å²) >= 11 is 3.54. The van der Waals surface area contributed by atoms with Gasteiger partial charge in [-0.05, 0) is 40.1 Å². The van der Waals surface area contributed by atoms with Crippen LogP contribution < -0.4 is 0 Å². The maximum absolute atomic E-state index is 10.7. The predicted octanol–water partition coefficient (Wildman–Crippen LogP) is 5.18. The molecule has 3 rings (SSSR count). The van der Waals surface area contributed by atoms with E-state index in [1.54, 1.807) is 12.1 Å². The summed E-state index contributed by atoms with van der Waals surface area (Å²) in [6.45, 7) is 0. The number of fused-ring (bicyclic) bond motifs is 1. The van der Waals surface area contributed by atoms with Gasteiger partial charge in [0.25, 0.3) is 5.69 Å². The fourth-order valence-corrected chi connectivity index (χ4v) is 2.78. The highest BCUT2D eigenvalue weighted by Gasteiger charge is 2.08. The van der Waals surface area contributed by atoms with E-state index >= 15 is 0 Å². The first kappa shape index (κ1) is 12.8. The third kappa shape index (κ3) is 2.18. The SMILES string of the molecule is O=[N+]([O-])c1ccc(-c2cccc3c(Br)cccc23)cc1. The first-order valence-electron chi connectivity index (χ1n) is 6.09. The zero-order valence-corrected chi connectivity index (χ0v) is 12.0. The Hall–Kier alpha value is -2.20. The fraction of sp³-hybridized carbons (Fsp3) is 0. The van der Waals surface area contributed by atoms with Crippen molar-refractivity contribution in [3.8, 4) is 11.1 Å². The van der Waals surface area contributed by atoms with Crippen LogP contribution in [0.5, 0.6) is 0 Å². The summed E-state index contributed by atoms with van der Waals surface area (Å²) < 4.78 is 1.04. The van der Waals surface area contributed by atoms with Crippen LogP contribution in [0.1, 0.15) is 0 Å². The maximum atomic E-state index is 10.7. The van der Waals surface area contributed by atoms with E-state index in [1.807, 2.05) is 30.3 Å². The van der Waals surface area contributed by atoms with E-state index in [4.69, 9.17) is 0 Å². The molecule has 98 valence electrons. The third-order valence-corrected chi connectivity index (χ3v) is 3.95. The van der Waals surface area contributed by atoms with Crippen molar-refractivity contribution in [3.05, 3.63) is 75.3 Å². The molecule has 0 saturated heterocycles. The van der Waals surface area contributed by atoms with Gasteiger partial charge in [0.1, 0.15) is 0 Å². The average molecular weight is 328 g/mol. The van der Waals surface area contributed by atoms with Crippen LogP contribution in [0.4, 0.5) is 5.69 Å². The van der Waals surface area contributed by atoms with Crippen molar-refractivity contribution in [2.45, 2.75) is 0 Å². The molecule has 0 radical (unpaired) electrons. The molecule has 0 saturated carbocycles. The van der Waals surface area contributed by atoms with Crippen molar-refractivity contribution in [2.75, 3.05) is 0 Å². The van der Waals surface area contributed by atoms with Crippen molar-refractivity contribution in [1.82, 2.24) is 0 Å². The lowest BCUT2D eigenvalue weighted by molar-refractivity contribution is -0.384. The molecule has 0 aliphatic rings. The molecule has 3 aromatic rings. The van der Waals surface area contributed by atoms with Crippen LogP contribution in [-0.4, -0.2) is 4.92 Å². The normalized spacial score (nSPS) is 10.7. The molecule has 3 aromatic carbocycles. The summed E-state index contributed by atoms with van der Waals surface area (Å²) in [4.78, 5) is 10.3. The van der Waals surface area contributed by atoms with Gasteiger partial charge in [-0.2, -0.15) is 0 Å². The summed E-state index contributed by atoms with van der Waals surface area (Å²) in [5, 5.41) is 13.0. The molecule has 0 aliphatic heterocycles. The highest BCUT2D eigenvalue weighted by atomic mass is 79.9. The molecule has 3 nitrogen and oxygen atoms in total. The number of rotatable bonds is 2. The Bertz CT molecular complexity index is 797. The largest absolute Gasteiger partial charge is 0.269 e. The molecule has 0 bridgehead atoms. The van der Waals surface area contributed by atoms with Crippen LogP contribution in [0.3, 0.4) is 0 Å². The van der Waals surface area contributed by atoms with Crippen LogP contribution >= 0.6 is 15.9 Å². The van der Waals surface area contributed by atoms with Crippen molar-refractivity contribution in [3.63, 3.8) is 0 Å². The van der Waals surface area contributed by atoms with Crippen molar-refractivity contribution in [1.29, 1.82) is 0 Å². The molecule has 20 heavy (non-hydrogen) atoms. The summed E-state index contributed by atoms with van der Waals surface area (Å²) in [5.74, 6) is 0. The van der Waals surface area contributed by atoms with Crippen LogP contribution in [0.25, 0.3) is 21.9 Å². The van der Waals surface area contributed by atoms with E-state index < -0.39 is 0 Å². The number of hydrogen-bond acceptors (Lipinski definition) is 2. The number of halogens is 1. The van der Waals surface area contributed by atoms with E-state index in [-0.39, 0.29) is 10.6 Å². The van der Waals surface area contributed by atoms with Crippen molar-refractivity contribution in [2.24, 2.45) is 0 Å². The minimum absolute atomic E-state index is 0.107. The molecule has 0 aromatic heterocycles. The lowest BCUT2D eigenvalue weighted by atomic mass is 9.98. The maximum Gasteiger partial charge on any atom is 0.269 e. The van der Waals surface area contributed by atoms with Gasteiger partial charge in [-0.25, -0.2) is 0 Å². The Morgan fingerprint density at radius 1 is 0.850 bits per heavy atom. The lowest BCUT2D eigenvalue weighted by Crippen LogP contribution is -1.87. The monoisotopic (exact) mass is 327 g/mol. The van der Waals surface area contributed by atoms with Crippen LogP contribution in [-0.2, 0) is 0 Å². The zero-order chi connectivity index (χ0) is 14.1.